The highest BCUT2D eigenvalue weighted by Gasteiger charge is 2.21. The smallest absolute Gasteiger partial charge is 0.274 e. The summed E-state index contributed by atoms with van der Waals surface area (Å²) in [6, 6.07) is 3.86. The Balaban J connectivity index is 2.18. The molecule has 3 rings (SSSR count). The third kappa shape index (κ3) is 2.50. The molecule has 0 saturated carbocycles. The largest absolute Gasteiger partial charge is 0.330 e. The van der Waals surface area contributed by atoms with E-state index >= 15 is 0 Å². The third-order valence-electron chi connectivity index (χ3n) is 4.44. The van der Waals surface area contributed by atoms with E-state index in [0.29, 0.717) is 11.8 Å². The second-order valence-corrected chi connectivity index (χ2v) is 6.17. The second kappa shape index (κ2) is 5.64. The van der Waals surface area contributed by atoms with Gasteiger partial charge in [0.05, 0.1) is 5.69 Å². The highest BCUT2D eigenvalue weighted by Crippen LogP contribution is 2.26. The van der Waals surface area contributed by atoms with Crippen molar-refractivity contribution in [2.75, 3.05) is 13.1 Å². The first-order chi connectivity index (χ1) is 10.1. The summed E-state index contributed by atoms with van der Waals surface area (Å²) in [4.78, 5) is 12.4. The van der Waals surface area contributed by atoms with Crippen molar-refractivity contribution in [2.45, 2.75) is 52.0 Å². The standard InChI is InChI=1S/C16H24N4O/c1-4-19-14(12-5-7-17-8-6-12)10-16(21)20-15(19)9-13(18-20)11(2)3/h9-12,17H,4-8H2,1-3H3. The van der Waals surface area contributed by atoms with Crippen molar-refractivity contribution in [2.24, 2.45) is 0 Å². The molecule has 21 heavy (non-hydrogen) atoms. The highest BCUT2D eigenvalue weighted by atomic mass is 16.1. The molecule has 0 aromatic carbocycles. The van der Waals surface area contributed by atoms with Crippen LogP contribution in [0, 0.1) is 0 Å². The molecule has 2 aromatic heterocycles. The van der Waals surface area contributed by atoms with Crippen molar-refractivity contribution in [1.82, 2.24) is 19.5 Å². The maximum absolute atomic E-state index is 12.4. The van der Waals surface area contributed by atoms with Gasteiger partial charge >= 0.3 is 0 Å². The van der Waals surface area contributed by atoms with E-state index in [2.05, 4.69) is 41.8 Å². The Morgan fingerprint density at radius 3 is 2.67 bits per heavy atom. The molecule has 114 valence electrons. The monoisotopic (exact) mass is 288 g/mol. The van der Waals surface area contributed by atoms with Crippen LogP contribution in [0.1, 0.15) is 56.8 Å². The van der Waals surface area contributed by atoms with E-state index in [1.54, 1.807) is 10.6 Å². The minimum Gasteiger partial charge on any atom is -0.330 e. The van der Waals surface area contributed by atoms with Crippen LogP contribution in [0.3, 0.4) is 0 Å². The van der Waals surface area contributed by atoms with Gasteiger partial charge in [0.2, 0.25) is 0 Å². The van der Waals surface area contributed by atoms with Crippen LogP contribution in [0.2, 0.25) is 0 Å². The molecule has 5 heteroatoms. The number of aryl methyl sites for hydroxylation is 1. The van der Waals surface area contributed by atoms with Crippen molar-refractivity contribution < 1.29 is 0 Å². The summed E-state index contributed by atoms with van der Waals surface area (Å²) in [5, 5.41) is 7.87. The molecule has 0 unspecified atom stereocenters. The SMILES string of the molecule is CCn1c(C2CCNCC2)cc(=O)n2nc(C(C)C)cc12. The highest BCUT2D eigenvalue weighted by molar-refractivity contribution is 5.43. The number of hydrogen-bond donors (Lipinski definition) is 1. The number of fused-ring (bicyclic) bond motifs is 1. The molecule has 0 aliphatic carbocycles. The minimum atomic E-state index is -0.00451. The van der Waals surface area contributed by atoms with Gasteiger partial charge in [0.25, 0.3) is 5.56 Å². The molecule has 0 amide bonds. The van der Waals surface area contributed by atoms with Crippen LogP contribution in [-0.2, 0) is 6.54 Å². The molecular weight excluding hydrogens is 264 g/mol. The van der Waals surface area contributed by atoms with Gasteiger partial charge in [-0.1, -0.05) is 13.8 Å². The fourth-order valence-corrected chi connectivity index (χ4v) is 3.22. The normalized spacial score (nSPS) is 17.0. The first kappa shape index (κ1) is 14.3. The number of rotatable bonds is 3. The summed E-state index contributed by atoms with van der Waals surface area (Å²) in [7, 11) is 0. The molecule has 0 bridgehead atoms. The second-order valence-electron chi connectivity index (χ2n) is 6.17. The van der Waals surface area contributed by atoms with Gasteiger partial charge in [-0.05, 0) is 38.8 Å². The number of hydrogen-bond acceptors (Lipinski definition) is 3. The van der Waals surface area contributed by atoms with Crippen LogP contribution in [0.5, 0.6) is 0 Å². The number of nitrogens with one attached hydrogen (secondary N) is 1. The zero-order chi connectivity index (χ0) is 15.0. The van der Waals surface area contributed by atoms with E-state index < -0.39 is 0 Å². The lowest BCUT2D eigenvalue weighted by Gasteiger charge is -2.26. The Kier molecular flexibility index (Phi) is 3.85. The molecule has 0 atom stereocenters. The Morgan fingerprint density at radius 2 is 2.05 bits per heavy atom. The van der Waals surface area contributed by atoms with Crippen LogP contribution in [-0.4, -0.2) is 27.3 Å². The molecule has 3 heterocycles. The Hall–Kier alpha value is -1.62. The molecule has 1 aliphatic rings. The maximum atomic E-state index is 12.4. The van der Waals surface area contributed by atoms with Crippen molar-refractivity contribution in [1.29, 1.82) is 0 Å². The molecule has 5 nitrogen and oxygen atoms in total. The average molecular weight is 288 g/mol. The number of aromatic nitrogens is 3. The first-order valence-electron chi connectivity index (χ1n) is 7.96. The summed E-state index contributed by atoms with van der Waals surface area (Å²) in [5.74, 6) is 0.804. The molecule has 2 aromatic rings. The predicted molar refractivity (Wildman–Crippen MR) is 84.1 cm³/mol. The topological polar surface area (TPSA) is 51.3 Å². The van der Waals surface area contributed by atoms with Crippen LogP contribution >= 0.6 is 0 Å². The molecular formula is C16H24N4O. The van der Waals surface area contributed by atoms with Gasteiger partial charge < -0.3 is 9.88 Å². The summed E-state index contributed by atoms with van der Waals surface area (Å²) < 4.78 is 3.82. The van der Waals surface area contributed by atoms with Gasteiger partial charge in [-0.2, -0.15) is 9.61 Å². The molecule has 1 aliphatic heterocycles. The summed E-state index contributed by atoms with van der Waals surface area (Å²) in [6.45, 7) is 9.28. The van der Waals surface area contributed by atoms with Gasteiger partial charge in [-0.3, -0.25) is 4.79 Å². The van der Waals surface area contributed by atoms with Gasteiger partial charge in [-0.25, -0.2) is 0 Å². The minimum absolute atomic E-state index is 0.00451. The van der Waals surface area contributed by atoms with Crippen molar-refractivity contribution in [3.05, 3.63) is 33.9 Å². The lowest BCUT2D eigenvalue weighted by atomic mass is 9.94. The van der Waals surface area contributed by atoms with E-state index in [0.717, 1.165) is 43.8 Å². The zero-order valence-electron chi connectivity index (χ0n) is 13.1. The van der Waals surface area contributed by atoms with Crippen molar-refractivity contribution in [3.63, 3.8) is 0 Å². The quantitative estimate of drug-likeness (QED) is 0.941. The van der Waals surface area contributed by atoms with E-state index in [-0.39, 0.29) is 5.56 Å². The average Bonchev–Trinajstić information content (AvgIpc) is 2.94. The van der Waals surface area contributed by atoms with Crippen molar-refractivity contribution in [3.8, 4) is 0 Å². The first-order valence-corrected chi connectivity index (χ1v) is 7.96. The number of piperidine rings is 1. The van der Waals surface area contributed by atoms with E-state index in [1.165, 1.54) is 5.69 Å². The van der Waals surface area contributed by atoms with Crippen LogP contribution in [0.4, 0.5) is 0 Å². The Labute approximate surface area is 125 Å². The summed E-state index contributed by atoms with van der Waals surface area (Å²) in [6.07, 6.45) is 2.20. The summed E-state index contributed by atoms with van der Waals surface area (Å²) >= 11 is 0. The Morgan fingerprint density at radius 1 is 1.33 bits per heavy atom. The third-order valence-corrected chi connectivity index (χ3v) is 4.44. The van der Waals surface area contributed by atoms with Gasteiger partial charge in [0.1, 0.15) is 5.65 Å². The van der Waals surface area contributed by atoms with Gasteiger partial charge in [0, 0.05) is 30.3 Å². The van der Waals surface area contributed by atoms with Gasteiger partial charge in [0.15, 0.2) is 0 Å². The maximum Gasteiger partial charge on any atom is 0.274 e. The fourth-order valence-electron chi connectivity index (χ4n) is 3.22. The van der Waals surface area contributed by atoms with Crippen LogP contribution in [0.25, 0.3) is 5.65 Å². The van der Waals surface area contributed by atoms with E-state index in [9.17, 15) is 4.79 Å². The van der Waals surface area contributed by atoms with Crippen molar-refractivity contribution >= 4 is 5.65 Å². The number of nitrogens with zero attached hydrogens (tertiary/aromatic N) is 3. The van der Waals surface area contributed by atoms with E-state index in [1.807, 2.05) is 0 Å². The molecule has 1 saturated heterocycles. The predicted octanol–water partition coefficient (Wildman–Crippen LogP) is 2.11. The lowest BCUT2D eigenvalue weighted by Crippen LogP contribution is -2.30. The molecule has 1 fully saturated rings. The molecule has 0 radical (unpaired) electrons. The summed E-state index contributed by atoms with van der Waals surface area (Å²) in [5.41, 5.74) is 3.08. The van der Waals surface area contributed by atoms with Crippen LogP contribution < -0.4 is 10.9 Å². The molecule has 1 N–H and O–H groups in total. The Bertz CT molecular complexity index is 692. The lowest BCUT2D eigenvalue weighted by molar-refractivity contribution is 0.438. The van der Waals surface area contributed by atoms with Crippen LogP contribution in [0.15, 0.2) is 16.9 Å². The van der Waals surface area contributed by atoms with E-state index in [4.69, 9.17) is 0 Å². The fraction of sp³-hybridized carbons (Fsp3) is 0.625. The zero-order valence-corrected chi connectivity index (χ0v) is 13.1. The van der Waals surface area contributed by atoms with Gasteiger partial charge in [-0.15, -0.1) is 0 Å². The molecule has 0 spiro atoms.